The van der Waals surface area contributed by atoms with Crippen molar-refractivity contribution in [3.8, 4) is 0 Å². The van der Waals surface area contributed by atoms with E-state index in [1.807, 2.05) is 6.20 Å². The zero-order valence-corrected chi connectivity index (χ0v) is 6.53. The van der Waals surface area contributed by atoms with Crippen molar-refractivity contribution in [1.82, 2.24) is 9.55 Å². The fourth-order valence-corrected chi connectivity index (χ4v) is 1.24. The quantitative estimate of drug-likeness (QED) is 0.706. The van der Waals surface area contributed by atoms with Crippen LogP contribution in [0.25, 0.3) is 0 Å². The number of hydrogen-bond acceptors (Lipinski definition) is 2. The van der Waals surface area contributed by atoms with Crippen molar-refractivity contribution in [3.63, 3.8) is 0 Å². The average Bonchev–Trinajstić information content (AvgIpc) is 2.72. The molecule has 3 nitrogen and oxygen atoms in total. The lowest BCUT2D eigenvalue weighted by Crippen LogP contribution is -1.94. The maximum atomic E-state index is 5.47. The molecule has 0 radical (unpaired) electrons. The van der Waals surface area contributed by atoms with Gasteiger partial charge in [-0.05, 0) is 12.3 Å². The lowest BCUT2D eigenvalue weighted by Gasteiger charge is -1.98. The van der Waals surface area contributed by atoms with Gasteiger partial charge in [0.15, 0.2) is 0 Å². The van der Waals surface area contributed by atoms with E-state index in [0.29, 0.717) is 5.82 Å². The molecule has 2 rings (SSSR count). The zero-order chi connectivity index (χ0) is 7.68. The van der Waals surface area contributed by atoms with E-state index in [1.165, 1.54) is 19.3 Å². The highest BCUT2D eigenvalue weighted by atomic mass is 15.1. The van der Waals surface area contributed by atoms with E-state index >= 15 is 0 Å². The van der Waals surface area contributed by atoms with E-state index in [-0.39, 0.29) is 0 Å². The minimum Gasteiger partial charge on any atom is -0.382 e. The Labute approximate surface area is 66.2 Å². The number of rotatable bonds is 3. The fraction of sp³-hybridized carbons (Fsp3) is 0.625. The molecule has 0 aromatic carbocycles. The molecule has 1 fully saturated rings. The van der Waals surface area contributed by atoms with Gasteiger partial charge < -0.3 is 10.3 Å². The van der Waals surface area contributed by atoms with Crippen LogP contribution < -0.4 is 5.73 Å². The van der Waals surface area contributed by atoms with Gasteiger partial charge in [0.2, 0.25) is 0 Å². The summed E-state index contributed by atoms with van der Waals surface area (Å²) in [5, 5.41) is 0. The molecule has 1 heterocycles. The van der Waals surface area contributed by atoms with Crippen molar-refractivity contribution in [2.45, 2.75) is 25.8 Å². The van der Waals surface area contributed by atoms with Gasteiger partial charge in [-0.3, -0.25) is 0 Å². The van der Waals surface area contributed by atoms with E-state index in [2.05, 4.69) is 9.55 Å². The van der Waals surface area contributed by atoms with Gasteiger partial charge in [-0.25, -0.2) is 4.98 Å². The number of anilines is 1. The van der Waals surface area contributed by atoms with E-state index in [0.717, 1.165) is 12.5 Å². The third-order valence-electron chi connectivity index (χ3n) is 2.15. The van der Waals surface area contributed by atoms with Crippen molar-refractivity contribution in [2.75, 3.05) is 5.73 Å². The van der Waals surface area contributed by atoms with Crippen molar-refractivity contribution in [2.24, 2.45) is 5.92 Å². The van der Waals surface area contributed by atoms with Crippen LogP contribution in [0.2, 0.25) is 0 Å². The second-order valence-corrected chi connectivity index (χ2v) is 3.27. The SMILES string of the molecule is Nc1cn(CCC2CC2)cn1. The predicted molar refractivity (Wildman–Crippen MR) is 44.0 cm³/mol. The van der Waals surface area contributed by atoms with Crippen LogP contribution in [-0.2, 0) is 6.54 Å². The lowest BCUT2D eigenvalue weighted by molar-refractivity contribution is 0.596. The number of nitrogens with zero attached hydrogens (tertiary/aromatic N) is 2. The largest absolute Gasteiger partial charge is 0.382 e. The third kappa shape index (κ3) is 1.73. The Kier molecular flexibility index (Phi) is 1.56. The van der Waals surface area contributed by atoms with Crippen LogP contribution in [0.3, 0.4) is 0 Å². The highest BCUT2D eigenvalue weighted by Crippen LogP contribution is 2.32. The Morgan fingerprint density at radius 1 is 1.64 bits per heavy atom. The van der Waals surface area contributed by atoms with E-state index in [9.17, 15) is 0 Å². The van der Waals surface area contributed by atoms with Gasteiger partial charge in [-0.2, -0.15) is 0 Å². The number of imidazole rings is 1. The molecule has 1 aliphatic rings. The fourth-order valence-electron chi connectivity index (χ4n) is 1.24. The molecule has 0 amide bonds. The summed E-state index contributed by atoms with van der Waals surface area (Å²) in [6.45, 7) is 1.08. The van der Waals surface area contributed by atoms with Crippen LogP contribution >= 0.6 is 0 Å². The topological polar surface area (TPSA) is 43.8 Å². The second-order valence-electron chi connectivity index (χ2n) is 3.27. The Morgan fingerprint density at radius 3 is 3.00 bits per heavy atom. The molecule has 1 aromatic heterocycles. The first-order valence-electron chi connectivity index (χ1n) is 4.12. The van der Waals surface area contributed by atoms with Crippen LogP contribution in [0.1, 0.15) is 19.3 Å². The lowest BCUT2D eigenvalue weighted by atomic mass is 10.3. The summed E-state index contributed by atoms with van der Waals surface area (Å²) in [5.74, 6) is 1.61. The highest BCUT2D eigenvalue weighted by molar-refractivity contribution is 5.22. The second kappa shape index (κ2) is 2.57. The van der Waals surface area contributed by atoms with Crippen molar-refractivity contribution >= 4 is 5.82 Å². The molecular weight excluding hydrogens is 138 g/mol. The van der Waals surface area contributed by atoms with Gasteiger partial charge in [0, 0.05) is 12.7 Å². The number of nitrogens with two attached hydrogens (primary N) is 1. The van der Waals surface area contributed by atoms with Crippen LogP contribution in [0.4, 0.5) is 5.82 Å². The summed E-state index contributed by atoms with van der Waals surface area (Å²) in [6, 6.07) is 0. The summed E-state index contributed by atoms with van der Waals surface area (Å²) in [6.07, 6.45) is 7.82. The number of nitrogen functional groups attached to an aromatic ring is 1. The van der Waals surface area contributed by atoms with Crippen molar-refractivity contribution in [1.29, 1.82) is 0 Å². The van der Waals surface area contributed by atoms with Gasteiger partial charge in [-0.15, -0.1) is 0 Å². The molecule has 0 atom stereocenters. The maximum Gasteiger partial charge on any atom is 0.141 e. The summed E-state index contributed by atoms with van der Waals surface area (Å²) < 4.78 is 2.06. The van der Waals surface area contributed by atoms with Gasteiger partial charge >= 0.3 is 0 Å². The Bertz CT molecular complexity index is 237. The first kappa shape index (κ1) is 6.70. The maximum absolute atomic E-state index is 5.47. The summed E-state index contributed by atoms with van der Waals surface area (Å²) >= 11 is 0. The molecule has 0 aliphatic heterocycles. The van der Waals surface area contributed by atoms with Crippen LogP contribution in [0.15, 0.2) is 12.5 Å². The van der Waals surface area contributed by atoms with E-state index in [1.54, 1.807) is 6.33 Å². The molecule has 3 heteroatoms. The minimum atomic E-state index is 0.626. The monoisotopic (exact) mass is 151 g/mol. The van der Waals surface area contributed by atoms with E-state index < -0.39 is 0 Å². The molecule has 60 valence electrons. The summed E-state index contributed by atoms with van der Waals surface area (Å²) in [7, 11) is 0. The molecular formula is C8H13N3. The Morgan fingerprint density at radius 2 is 2.45 bits per heavy atom. The van der Waals surface area contributed by atoms with Gasteiger partial charge in [0.25, 0.3) is 0 Å². The van der Waals surface area contributed by atoms with Crippen molar-refractivity contribution < 1.29 is 0 Å². The van der Waals surface area contributed by atoms with Gasteiger partial charge in [-0.1, -0.05) is 12.8 Å². The van der Waals surface area contributed by atoms with Crippen molar-refractivity contribution in [3.05, 3.63) is 12.5 Å². The molecule has 0 unspecified atom stereocenters. The predicted octanol–water partition coefficient (Wildman–Crippen LogP) is 1.27. The number of hydrogen-bond donors (Lipinski definition) is 1. The number of aromatic nitrogens is 2. The Balaban J connectivity index is 1.85. The van der Waals surface area contributed by atoms with Crippen LogP contribution in [0.5, 0.6) is 0 Å². The molecule has 1 aliphatic carbocycles. The standard InChI is InChI=1S/C8H13N3/c9-8-5-11(6-10-8)4-3-7-1-2-7/h5-7H,1-4,9H2. The third-order valence-corrected chi connectivity index (χ3v) is 2.15. The van der Waals surface area contributed by atoms with Crippen LogP contribution in [-0.4, -0.2) is 9.55 Å². The molecule has 0 saturated heterocycles. The van der Waals surface area contributed by atoms with Crippen LogP contribution in [0, 0.1) is 5.92 Å². The first-order chi connectivity index (χ1) is 5.34. The molecule has 11 heavy (non-hydrogen) atoms. The van der Waals surface area contributed by atoms with Gasteiger partial charge in [0.05, 0.1) is 6.33 Å². The zero-order valence-electron chi connectivity index (χ0n) is 6.53. The molecule has 2 N–H and O–H groups in total. The van der Waals surface area contributed by atoms with E-state index in [4.69, 9.17) is 5.73 Å². The molecule has 0 bridgehead atoms. The molecule has 0 spiro atoms. The Hall–Kier alpha value is -0.990. The highest BCUT2D eigenvalue weighted by Gasteiger charge is 2.20. The number of aryl methyl sites for hydroxylation is 1. The molecule has 1 saturated carbocycles. The molecule has 1 aromatic rings. The smallest absolute Gasteiger partial charge is 0.141 e. The minimum absolute atomic E-state index is 0.626. The van der Waals surface area contributed by atoms with Gasteiger partial charge in [0.1, 0.15) is 5.82 Å². The first-order valence-corrected chi connectivity index (χ1v) is 4.12. The summed E-state index contributed by atoms with van der Waals surface area (Å²) in [4.78, 5) is 3.96. The average molecular weight is 151 g/mol. The summed E-state index contributed by atoms with van der Waals surface area (Å²) in [5.41, 5.74) is 5.47. The normalized spacial score (nSPS) is 17.1.